The Kier molecular flexibility index (Phi) is 6.16. The molecule has 3 N–H and O–H groups in total. The number of nitrogens with zero attached hydrogens (tertiary/aromatic N) is 1. The standard InChI is InChI=1S/C17H20N4O4/c1-11-6-12(4-5-18-11)21-17(23)19-10-16(22)20-13-7-14(24-2)9-15(8-13)25-3/h4-9H,10H2,1-3H3,(H,20,22)(H2,18,19,21,23). The van der Waals surface area contributed by atoms with Gasteiger partial charge in [0.15, 0.2) is 0 Å². The van der Waals surface area contributed by atoms with Crippen molar-refractivity contribution in [3.8, 4) is 11.5 Å². The molecule has 8 nitrogen and oxygen atoms in total. The maximum absolute atomic E-state index is 12.0. The molecule has 0 bridgehead atoms. The van der Waals surface area contributed by atoms with Crippen molar-refractivity contribution in [1.82, 2.24) is 10.3 Å². The van der Waals surface area contributed by atoms with E-state index in [1.165, 1.54) is 14.2 Å². The number of hydrogen-bond acceptors (Lipinski definition) is 5. The predicted octanol–water partition coefficient (Wildman–Crippen LogP) is 2.17. The van der Waals surface area contributed by atoms with Gasteiger partial charge in [0, 0.05) is 41.5 Å². The van der Waals surface area contributed by atoms with Crippen LogP contribution in [0.4, 0.5) is 16.2 Å². The second-order valence-corrected chi connectivity index (χ2v) is 5.14. The molecule has 0 radical (unpaired) electrons. The Morgan fingerprint density at radius 2 is 1.68 bits per heavy atom. The molecule has 0 saturated heterocycles. The number of aryl methyl sites for hydroxylation is 1. The number of pyridine rings is 1. The molecule has 0 atom stereocenters. The van der Waals surface area contributed by atoms with Crippen LogP contribution in [-0.2, 0) is 4.79 Å². The van der Waals surface area contributed by atoms with E-state index in [1.807, 2.05) is 6.92 Å². The normalized spacial score (nSPS) is 9.88. The number of carbonyl (C=O) groups is 2. The molecule has 0 spiro atoms. The highest BCUT2D eigenvalue weighted by molar-refractivity contribution is 5.97. The van der Waals surface area contributed by atoms with Gasteiger partial charge in [-0.05, 0) is 19.1 Å². The van der Waals surface area contributed by atoms with Gasteiger partial charge in [-0.2, -0.15) is 0 Å². The number of amides is 3. The minimum Gasteiger partial charge on any atom is -0.497 e. The van der Waals surface area contributed by atoms with Crippen LogP contribution in [0.25, 0.3) is 0 Å². The van der Waals surface area contributed by atoms with Crippen LogP contribution in [0.5, 0.6) is 11.5 Å². The zero-order valence-corrected chi connectivity index (χ0v) is 14.3. The molecule has 2 rings (SSSR count). The van der Waals surface area contributed by atoms with Crippen molar-refractivity contribution in [2.24, 2.45) is 0 Å². The second-order valence-electron chi connectivity index (χ2n) is 5.14. The number of benzene rings is 1. The molecule has 0 fully saturated rings. The van der Waals surface area contributed by atoms with Gasteiger partial charge in [-0.15, -0.1) is 0 Å². The summed E-state index contributed by atoms with van der Waals surface area (Å²) >= 11 is 0. The number of hydrogen-bond donors (Lipinski definition) is 3. The number of rotatable bonds is 6. The molecule has 132 valence electrons. The fraction of sp³-hybridized carbons (Fsp3) is 0.235. The Morgan fingerprint density at radius 3 is 2.28 bits per heavy atom. The number of aromatic nitrogens is 1. The second kappa shape index (κ2) is 8.53. The molecule has 0 saturated carbocycles. The Balaban J connectivity index is 1.87. The molecule has 3 amide bonds. The van der Waals surface area contributed by atoms with Crippen molar-refractivity contribution in [2.75, 3.05) is 31.4 Å². The molecule has 1 aromatic heterocycles. The maximum atomic E-state index is 12.0. The maximum Gasteiger partial charge on any atom is 0.319 e. The molecule has 0 unspecified atom stereocenters. The lowest BCUT2D eigenvalue weighted by Crippen LogP contribution is -2.35. The molecule has 1 heterocycles. The van der Waals surface area contributed by atoms with Crippen molar-refractivity contribution in [3.63, 3.8) is 0 Å². The van der Waals surface area contributed by atoms with Gasteiger partial charge in [-0.3, -0.25) is 9.78 Å². The number of ether oxygens (including phenoxy) is 2. The fourth-order valence-electron chi connectivity index (χ4n) is 2.04. The van der Waals surface area contributed by atoms with Gasteiger partial charge in [0.25, 0.3) is 0 Å². The molecule has 25 heavy (non-hydrogen) atoms. The van der Waals surface area contributed by atoms with Crippen LogP contribution < -0.4 is 25.4 Å². The van der Waals surface area contributed by atoms with Gasteiger partial charge >= 0.3 is 6.03 Å². The fourth-order valence-corrected chi connectivity index (χ4v) is 2.04. The third-order valence-electron chi connectivity index (χ3n) is 3.20. The molecular weight excluding hydrogens is 324 g/mol. The predicted molar refractivity (Wildman–Crippen MR) is 94.2 cm³/mol. The molecule has 0 aliphatic rings. The zero-order chi connectivity index (χ0) is 18.2. The van der Waals surface area contributed by atoms with Gasteiger partial charge < -0.3 is 25.4 Å². The van der Waals surface area contributed by atoms with E-state index in [1.54, 1.807) is 36.5 Å². The van der Waals surface area contributed by atoms with Crippen LogP contribution in [0.2, 0.25) is 0 Å². The first-order chi connectivity index (χ1) is 12.0. The average Bonchev–Trinajstić information content (AvgIpc) is 2.59. The summed E-state index contributed by atoms with van der Waals surface area (Å²) in [5.74, 6) is 0.721. The summed E-state index contributed by atoms with van der Waals surface area (Å²) in [5, 5.41) is 7.78. The Bertz CT molecular complexity index is 742. The monoisotopic (exact) mass is 344 g/mol. The van der Waals surface area contributed by atoms with Gasteiger partial charge in [0.05, 0.1) is 20.8 Å². The van der Waals surface area contributed by atoms with Crippen molar-refractivity contribution in [1.29, 1.82) is 0 Å². The summed E-state index contributed by atoms with van der Waals surface area (Å²) in [7, 11) is 3.04. The quantitative estimate of drug-likeness (QED) is 0.745. The molecule has 0 aliphatic heterocycles. The van der Waals surface area contributed by atoms with Crippen LogP contribution in [0.15, 0.2) is 36.5 Å². The van der Waals surface area contributed by atoms with Crippen LogP contribution >= 0.6 is 0 Å². The van der Waals surface area contributed by atoms with Gasteiger partial charge in [-0.1, -0.05) is 0 Å². The lowest BCUT2D eigenvalue weighted by molar-refractivity contribution is -0.115. The first-order valence-corrected chi connectivity index (χ1v) is 7.50. The van der Waals surface area contributed by atoms with E-state index in [2.05, 4.69) is 20.9 Å². The minimum absolute atomic E-state index is 0.185. The van der Waals surface area contributed by atoms with Crippen LogP contribution in [-0.4, -0.2) is 37.7 Å². The van der Waals surface area contributed by atoms with Crippen molar-refractivity contribution in [2.45, 2.75) is 6.92 Å². The smallest absolute Gasteiger partial charge is 0.319 e. The van der Waals surface area contributed by atoms with E-state index in [-0.39, 0.29) is 12.5 Å². The summed E-state index contributed by atoms with van der Waals surface area (Å²) in [5.41, 5.74) is 1.89. The highest BCUT2D eigenvalue weighted by Gasteiger charge is 2.08. The van der Waals surface area contributed by atoms with Gasteiger partial charge in [0.1, 0.15) is 11.5 Å². The largest absolute Gasteiger partial charge is 0.497 e. The van der Waals surface area contributed by atoms with E-state index >= 15 is 0 Å². The number of carbonyl (C=O) groups excluding carboxylic acids is 2. The lowest BCUT2D eigenvalue weighted by atomic mass is 10.2. The third-order valence-corrected chi connectivity index (χ3v) is 3.20. The highest BCUT2D eigenvalue weighted by Crippen LogP contribution is 2.25. The summed E-state index contributed by atoms with van der Waals surface area (Å²) in [4.78, 5) is 27.8. The van der Waals surface area contributed by atoms with E-state index in [0.29, 0.717) is 22.9 Å². The van der Waals surface area contributed by atoms with Crippen LogP contribution in [0.1, 0.15) is 5.69 Å². The van der Waals surface area contributed by atoms with Crippen molar-refractivity contribution >= 4 is 23.3 Å². The van der Waals surface area contributed by atoms with E-state index in [4.69, 9.17) is 9.47 Å². The highest BCUT2D eigenvalue weighted by atomic mass is 16.5. The topological polar surface area (TPSA) is 102 Å². The molecule has 1 aromatic carbocycles. The third kappa shape index (κ3) is 5.69. The van der Waals surface area contributed by atoms with Crippen molar-refractivity contribution < 1.29 is 19.1 Å². The van der Waals surface area contributed by atoms with Crippen LogP contribution in [0.3, 0.4) is 0 Å². The molecule has 0 aliphatic carbocycles. The molecular formula is C17H20N4O4. The van der Waals surface area contributed by atoms with E-state index in [9.17, 15) is 9.59 Å². The SMILES string of the molecule is COc1cc(NC(=O)CNC(=O)Nc2ccnc(C)c2)cc(OC)c1. The van der Waals surface area contributed by atoms with Gasteiger partial charge in [-0.25, -0.2) is 4.79 Å². The van der Waals surface area contributed by atoms with Gasteiger partial charge in [0.2, 0.25) is 5.91 Å². The Morgan fingerprint density at radius 1 is 1.00 bits per heavy atom. The first-order valence-electron chi connectivity index (χ1n) is 7.50. The number of urea groups is 1. The minimum atomic E-state index is -0.482. The zero-order valence-electron chi connectivity index (χ0n) is 14.3. The Labute approximate surface area is 145 Å². The lowest BCUT2D eigenvalue weighted by Gasteiger charge is -2.11. The summed E-state index contributed by atoms with van der Waals surface area (Å²) < 4.78 is 10.3. The Hall–Kier alpha value is -3.29. The summed E-state index contributed by atoms with van der Waals surface area (Å²) in [6.45, 7) is 1.63. The first kappa shape index (κ1) is 18.1. The summed E-state index contributed by atoms with van der Waals surface area (Å²) in [6, 6.07) is 7.90. The molecule has 8 heteroatoms. The van der Waals surface area contributed by atoms with Crippen molar-refractivity contribution in [3.05, 3.63) is 42.2 Å². The van der Waals surface area contributed by atoms with E-state index in [0.717, 1.165) is 5.69 Å². The summed E-state index contributed by atoms with van der Waals surface area (Å²) in [6.07, 6.45) is 1.59. The molecule has 2 aromatic rings. The van der Waals surface area contributed by atoms with E-state index < -0.39 is 6.03 Å². The number of nitrogens with one attached hydrogen (secondary N) is 3. The van der Waals surface area contributed by atoms with Crippen LogP contribution in [0, 0.1) is 6.92 Å². The number of anilines is 2. The average molecular weight is 344 g/mol. The number of methoxy groups -OCH3 is 2.